The van der Waals surface area contributed by atoms with Gasteiger partial charge in [-0.15, -0.1) is 0 Å². The van der Waals surface area contributed by atoms with Crippen molar-refractivity contribution in [1.82, 2.24) is 10.2 Å². The molecule has 0 aliphatic carbocycles. The second kappa shape index (κ2) is 12.0. The fourth-order valence-electron chi connectivity index (χ4n) is 3.97. The molecule has 176 valence electrons. The molecule has 1 N–H and O–H groups in total. The zero-order valence-electron chi connectivity index (χ0n) is 19.3. The van der Waals surface area contributed by atoms with Crippen LogP contribution in [0.5, 0.6) is 0 Å². The van der Waals surface area contributed by atoms with Crippen LogP contribution >= 0.6 is 11.6 Å². The second-order valence-electron chi connectivity index (χ2n) is 8.33. The van der Waals surface area contributed by atoms with E-state index in [0.29, 0.717) is 18.1 Å². The summed E-state index contributed by atoms with van der Waals surface area (Å²) >= 11 is 5.99. The third kappa shape index (κ3) is 6.81. The number of carbonyl (C=O) groups excluding carboxylic acids is 2. The Kier molecular flexibility index (Phi) is 8.31. The van der Waals surface area contributed by atoms with Crippen LogP contribution in [-0.4, -0.2) is 16.7 Å². The largest absolute Gasteiger partial charge is 0.350 e. The molecule has 0 radical (unpaired) electrons. The number of benzene rings is 4. The van der Waals surface area contributed by atoms with E-state index in [1.807, 2.05) is 103 Å². The molecule has 0 heterocycles. The summed E-state index contributed by atoms with van der Waals surface area (Å²) in [6.45, 7) is 0.659. The molecule has 2 amide bonds. The average Bonchev–Trinajstić information content (AvgIpc) is 2.90. The van der Waals surface area contributed by atoms with E-state index in [2.05, 4.69) is 5.32 Å². The van der Waals surface area contributed by atoms with Crippen LogP contribution in [0.25, 0.3) is 0 Å². The van der Waals surface area contributed by atoms with Crippen LogP contribution in [0.3, 0.4) is 0 Å². The lowest BCUT2D eigenvalue weighted by Crippen LogP contribution is -2.43. The summed E-state index contributed by atoms with van der Waals surface area (Å²) < 4.78 is 0. The average molecular weight is 483 g/mol. The van der Waals surface area contributed by atoms with Crippen molar-refractivity contribution in [3.8, 4) is 0 Å². The molecule has 0 aliphatic rings. The standard InChI is InChI=1S/C30H27ClN2O2/c31-27-18-16-24(17-19-27)21-32-30(35)29(26-14-8-3-9-15-26)33(22-25-12-6-2-7-13-25)28(34)20-23-10-4-1-5-11-23/h1-19,29H,20-22H2,(H,32,35)/t29-/m1/s1. The molecule has 35 heavy (non-hydrogen) atoms. The van der Waals surface area contributed by atoms with Crippen molar-refractivity contribution < 1.29 is 9.59 Å². The van der Waals surface area contributed by atoms with E-state index < -0.39 is 6.04 Å². The Hall–Kier alpha value is -3.89. The van der Waals surface area contributed by atoms with Crippen LogP contribution in [0.4, 0.5) is 0 Å². The summed E-state index contributed by atoms with van der Waals surface area (Å²) in [5.74, 6) is -0.348. The smallest absolute Gasteiger partial charge is 0.247 e. The molecule has 0 saturated carbocycles. The lowest BCUT2D eigenvalue weighted by Gasteiger charge is -2.32. The van der Waals surface area contributed by atoms with E-state index in [1.165, 1.54) is 0 Å². The Bertz CT molecular complexity index is 1230. The molecule has 0 saturated heterocycles. The lowest BCUT2D eigenvalue weighted by atomic mass is 10.0. The first-order chi connectivity index (χ1) is 17.1. The summed E-state index contributed by atoms with van der Waals surface area (Å²) in [6.07, 6.45) is 0.210. The first-order valence-corrected chi connectivity index (χ1v) is 11.9. The van der Waals surface area contributed by atoms with Crippen molar-refractivity contribution in [1.29, 1.82) is 0 Å². The lowest BCUT2D eigenvalue weighted by molar-refractivity contribution is -0.141. The summed E-state index contributed by atoms with van der Waals surface area (Å²) in [6, 6.07) is 35.4. The van der Waals surface area contributed by atoms with Crippen LogP contribution in [0, 0.1) is 0 Å². The zero-order valence-corrected chi connectivity index (χ0v) is 20.1. The summed E-state index contributed by atoms with van der Waals surface area (Å²) in [5.41, 5.74) is 3.56. The first-order valence-electron chi connectivity index (χ1n) is 11.5. The van der Waals surface area contributed by atoms with Crippen LogP contribution in [0.2, 0.25) is 5.02 Å². The van der Waals surface area contributed by atoms with Gasteiger partial charge in [-0.3, -0.25) is 9.59 Å². The maximum atomic E-state index is 13.7. The monoisotopic (exact) mass is 482 g/mol. The highest BCUT2D eigenvalue weighted by atomic mass is 35.5. The molecule has 4 rings (SSSR count). The SMILES string of the molecule is O=C(NCc1ccc(Cl)cc1)[C@@H](c1ccccc1)N(Cc1ccccc1)C(=O)Cc1ccccc1. The minimum Gasteiger partial charge on any atom is -0.350 e. The molecular formula is C30H27ClN2O2. The quantitative estimate of drug-likeness (QED) is 0.319. The van der Waals surface area contributed by atoms with Crippen molar-refractivity contribution in [2.24, 2.45) is 0 Å². The molecule has 4 aromatic carbocycles. The third-order valence-electron chi connectivity index (χ3n) is 5.77. The van der Waals surface area contributed by atoms with Gasteiger partial charge in [0.05, 0.1) is 6.42 Å². The minimum atomic E-state index is -0.778. The van der Waals surface area contributed by atoms with Gasteiger partial charge in [-0.25, -0.2) is 0 Å². The van der Waals surface area contributed by atoms with Crippen molar-refractivity contribution in [3.05, 3.63) is 143 Å². The van der Waals surface area contributed by atoms with E-state index in [4.69, 9.17) is 11.6 Å². The van der Waals surface area contributed by atoms with E-state index >= 15 is 0 Å². The highest BCUT2D eigenvalue weighted by Crippen LogP contribution is 2.25. The third-order valence-corrected chi connectivity index (χ3v) is 6.02. The number of amides is 2. The van der Waals surface area contributed by atoms with Crippen LogP contribution in [0.1, 0.15) is 28.3 Å². The Balaban J connectivity index is 1.65. The molecule has 1 atom stereocenters. The van der Waals surface area contributed by atoms with Gasteiger partial charge in [0.25, 0.3) is 0 Å². The number of halogens is 1. The van der Waals surface area contributed by atoms with Gasteiger partial charge in [0.1, 0.15) is 6.04 Å². The number of carbonyl (C=O) groups is 2. The van der Waals surface area contributed by atoms with Gasteiger partial charge in [0.2, 0.25) is 11.8 Å². The molecule has 4 aromatic rings. The van der Waals surface area contributed by atoms with E-state index in [0.717, 1.165) is 22.3 Å². The highest BCUT2D eigenvalue weighted by Gasteiger charge is 2.31. The normalized spacial score (nSPS) is 11.5. The Morgan fingerprint density at radius 1 is 0.686 bits per heavy atom. The van der Waals surface area contributed by atoms with Crippen molar-refractivity contribution in [2.75, 3.05) is 0 Å². The second-order valence-corrected chi connectivity index (χ2v) is 8.76. The predicted molar refractivity (Wildman–Crippen MR) is 140 cm³/mol. The van der Waals surface area contributed by atoms with Gasteiger partial charge in [-0.2, -0.15) is 0 Å². The molecule has 5 heteroatoms. The number of hydrogen-bond acceptors (Lipinski definition) is 2. The topological polar surface area (TPSA) is 49.4 Å². The van der Waals surface area contributed by atoms with Gasteiger partial charge in [-0.05, 0) is 34.4 Å². The molecular weight excluding hydrogens is 456 g/mol. The van der Waals surface area contributed by atoms with Gasteiger partial charge >= 0.3 is 0 Å². The molecule has 0 unspecified atom stereocenters. The number of nitrogens with zero attached hydrogens (tertiary/aromatic N) is 1. The van der Waals surface area contributed by atoms with E-state index in [-0.39, 0.29) is 18.2 Å². The van der Waals surface area contributed by atoms with Crippen LogP contribution in [0.15, 0.2) is 115 Å². The number of nitrogens with one attached hydrogen (secondary N) is 1. The predicted octanol–water partition coefficient (Wildman–Crippen LogP) is 5.97. The van der Waals surface area contributed by atoms with Crippen molar-refractivity contribution >= 4 is 23.4 Å². The maximum absolute atomic E-state index is 13.7. The Morgan fingerprint density at radius 3 is 1.83 bits per heavy atom. The molecule has 4 nitrogen and oxygen atoms in total. The molecule has 0 aliphatic heterocycles. The number of rotatable bonds is 9. The fourth-order valence-corrected chi connectivity index (χ4v) is 4.10. The summed E-state index contributed by atoms with van der Waals surface area (Å²) in [5, 5.41) is 3.67. The fraction of sp³-hybridized carbons (Fsp3) is 0.133. The first kappa shape index (κ1) is 24.2. The Labute approximate surface area is 211 Å². The van der Waals surface area contributed by atoms with E-state index in [9.17, 15) is 9.59 Å². The summed E-state index contributed by atoms with van der Waals surface area (Å²) in [7, 11) is 0. The molecule has 0 bridgehead atoms. The molecule has 0 fully saturated rings. The van der Waals surface area contributed by atoms with Gasteiger partial charge < -0.3 is 10.2 Å². The molecule has 0 aromatic heterocycles. The number of hydrogen-bond donors (Lipinski definition) is 1. The Morgan fingerprint density at radius 2 is 1.23 bits per heavy atom. The van der Waals surface area contributed by atoms with E-state index in [1.54, 1.807) is 17.0 Å². The minimum absolute atomic E-state index is 0.115. The van der Waals surface area contributed by atoms with Crippen LogP contribution in [-0.2, 0) is 29.1 Å². The van der Waals surface area contributed by atoms with Crippen molar-refractivity contribution in [2.45, 2.75) is 25.6 Å². The molecule has 0 spiro atoms. The summed E-state index contributed by atoms with van der Waals surface area (Å²) in [4.78, 5) is 29.0. The zero-order chi connectivity index (χ0) is 24.5. The highest BCUT2D eigenvalue weighted by molar-refractivity contribution is 6.30. The van der Waals surface area contributed by atoms with Gasteiger partial charge in [0.15, 0.2) is 0 Å². The maximum Gasteiger partial charge on any atom is 0.247 e. The van der Waals surface area contributed by atoms with Gasteiger partial charge in [-0.1, -0.05) is 115 Å². The van der Waals surface area contributed by atoms with Gasteiger partial charge in [0, 0.05) is 18.1 Å². The van der Waals surface area contributed by atoms with Crippen molar-refractivity contribution in [3.63, 3.8) is 0 Å². The van der Waals surface area contributed by atoms with Crippen LogP contribution < -0.4 is 5.32 Å².